The van der Waals surface area contributed by atoms with Crippen LogP contribution in [0.3, 0.4) is 0 Å². The third-order valence-corrected chi connectivity index (χ3v) is 5.77. The summed E-state index contributed by atoms with van der Waals surface area (Å²) in [5, 5.41) is 4.18. The van der Waals surface area contributed by atoms with Crippen molar-refractivity contribution in [2.45, 2.75) is 6.54 Å². The molecule has 9 heteroatoms. The molecule has 1 aromatic heterocycles. The summed E-state index contributed by atoms with van der Waals surface area (Å²) in [6.07, 6.45) is 1.37. The molecular weight excluding hydrogens is 466 g/mol. The summed E-state index contributed by atoms with van der Waals surface area (Å²) >= 11 is 10.7. The SMILES string of the molecule is COc1ccc(C(=O)N/N=C/c2sc(=O)n(Cc3ccc(Br)cc3)c2Cl)cc1. The number of thiazole rings is 1. The number of amides is 1. The molecule has 1 amide bonds. The van der Waals surface area contributed by atoms with Gasteiger partial charge in [-0.05, 0) is 42.0 Å². The number of hydrogen-bond acceptors (Lipinski definition) is 5. The molecular formula is C19H15BrClN3O3S. The Morgan fingerprint density at radius 2 is 1.93 bits per heavy atom. The van der Waals surface area contributed by atoms with Crippen molar-refractivity contribution in [3.05, 3.63) is 83.8 Å². The molecule has 0 radical (unpaired) electrons. The molecule has 6 nitrogen and oxygen atoms in total. The van der Waals surface area contributed by atoms with Crippen molar-refractivity contribution in [2.75, 3.05) is 7.11 Å². The standard InChI is InChI=1S/C19H15BrClN3O3S/c1-27-15-8-4-13(5-9-15)18(25)23-22-10-16-17(21)24(19(26)28-16)11-12-2-6-14(20)7-3-12/h2-10H,11H2,1H3,(H,23,25)/b22-10+. The van der Waals surface area contributed by atoms with E-state index in [-0.39, 0.29) is 15.9 Å². The smallest absolute Gasteiger partial charge is 0.309 e. The van der Waals surface area contributed by atoms with Crippen LogP contribution in [0.25, 0.3) is 0 Å². The van der Waals surface area contributed by atoms with E-state index in [2.05, 4.69) is 26.5 Å². The Morgan fingerprint density at radius 3 is 2.57 bits per heavy atom. The second kappa shape index (κ2) is 9.18. The fourth-order valence-corrected chi connectivity index (χ4v) is 3.72. The Hall–Kier alpha value is -2.42. The number of ether oxygens (including phenoxy) is 1. The van der Waals surface area contributed by atoms with Crippen molar-refractivity contribution >= 4 is 51.0 Å². The lowest BCUT2D eigenvalue weighted by atomic mass is 10.2. The number of nitrogens with one attached hydrogen (secondary N) is 1. The van der Waals surface area contributed by atoms with E-state index in [9.17, 15) is 9.59 Å². The molecule has 0 saturated carbocycles. The number of carbonyl (C=O) groups is 1. The Bertz CT molecular complexity index is 1060. The molecule has 0 bridgehead atoms. The zero-order valence-corrected chi connectivity index (χ0v) is 17.8. The maximum Gasteiger partial charge on any atom is 0.309 e. The van der Waals surface area contributed by atoms with Gasteiger partial charge in [-0.1, -0.05) is 51.0 Å². The van der Waals surface area contributed by atoms with Gasteiger partial charge in [-0.25, -0.2) is 5.43 Å². The van der Waals surface area contributed by atoms with Crippen molar-refractivity contribution in [3.8, 4) is 5.75 Å². The highest BCUT2D eigenvalue weighted by atomic mass is 79.9. The van der Waals surface area contributed by atoms with Crippen LogP contribution in [-0.4, -0.2) is 23.8 Å². The van der Waals surface area contributed by atoms with Gasteiger partial charge >= 0.3 is 4.87 Å². The number of hydrazone groups is 1. The predicted molar refractivity (Wildman–Crippen MR) is 115 cm³/mol. The highest BCUT2D eigenvalue weighted by molar-refractivity contribution is 9.10. The van der Waals surface area contributed by atoms with E-state index in [1.807, 2.05) is 24.3 Å². The molecule has 3 aromatic rings. The van der Waals surface area contributed by atoms with Gasteiger partial charge in [0.25, 0.3) is 5.91 Å². The average Bonchev–Trinajstić information content (AvgIpc) is 2.97. The minimum absolute atomic E-state index is 0.198. The Labute approximate surface area is 178 Å². The van der Waals surface area contributed by atoms with Gasteiger partial charge in [-0.3, -0.25) is 14.2 Å². The van der Waals surface area contributed by atoms with Crippen molar-refractivity contribution in [1.82, 2.24) is 9.99 Å². The number of rotatable bonds is 6. The summed E-state index contributed by atoms with van der Waals surface area (Å²) in [4.78, 5) is 24.6. The average molecular weight is 481 g/mol. The normalized spacial score (nSPS) is 11.0. The molecule has 0 spiro atoms. The predicted octanol–water partition coefficient (Wildman–Crippen LogP) is 4.15. The number of hydrogen-bond donors (Lipinski definition) is 1. The molecule has 0 aliphatic carbocycles. The molecule has 2 aromatic carbocycles. The lowest BCUT2D eigenvalue weighted by Crippen LogP contribution is -2.17. The van der Waals surface area contributed by atoms with Gasteiger partial charge in [0.15, 0.2) is 0 Å². The van der Waals surface area contributed by atoms with Gasteiger partial charge < -0.3 is 4.74 Å². The van der Waals surface area contributed by atoms with E-state index in [1.54, 1.807) is 31.4 Å². The molecule has 3 rings (SSSR count). The quantitative estimate of drug-likeness (QED) is 0.426. The van der Waals surface area contributed by atoms with Gasteiger partial charge in [0.1, 0.15) is 10.9 Å². The van der Waals surface area contributed by atoms with Crippen LogP contribution >= 0.6 is 38.9 Å². The molecule has 0 saturated heterocycles. The third-order valence-electron chi connectivity index (χ3n) is 3.81. The van der Waals surface area contributed by atoms with Crippen LogP contribution in [0.1, 0.15) is 20.8 Å². The molecule has 1 N–H and O–H groups in total. The number of nitrogens with zero attached hydrogens (tertiary/aromatic N) is 2. The summed E-state index contributed by atoms with van der Waals surface area (Å²) in [5.41, 5.74) is 3.80. The molecule has 0 unspecified atom stereocenters. The monoisotopic (exact) mass is 479 g/mol. The van der Waals surface area contributed by atoms with Gasteiger partial charge in [-0.15, -0.1) is 0 Å². The minimum Gasteiger partial charge on any atom is -0.497 e. The fraction of sp³-hybridized carbons (Fsp3) is 0.105. The van der Waals surface area contributed by atoms with Crippen LogP contribution in [0.5, 0.6) is 5.75 Å². The second-order valence-electron chi connectivity index (χ2n) is 5.66. The zero-order valence-electron chi connectivity index (χ0n) is 14.7. The number of aromatic nitrogens is 1. The highest BCUT2D eigenvalue weighted by Crippen LogP contribution is 2.19. The highest BCUT2D eigenvalue weighted by Gasteiger charge is 2.12. The first-order chi connectivity index (χ1) is 13.5. The first kappa shape index (κ1) is 20.3. The van der Waals surface area contributed by atoms with Gasteiger partial charge in [-0.2, -0.15) is 5.10 Å². The summed E-state index contributed by atoms with van der Waals surface area (Å²) < 4.78 is 7.47. The maximum atomic E-state index is 12.2. The van der Waals surface area contributed by atoms with Crippen LogP contribution < -0.4 is 15.0 Å². The Kier molecular flexibility index (Phi) is 6.66. The summed E-state index contributed by atoms with van der Waals surface area (Å²) in [5.74, 6) is 0.278. The lowest BCUT2D eigenvalue weighted by Gasteiger charge is -2.04. The van der Waals surface area contributed by atoms with Crippen molar-refractivity contribution in [3.63, 3.8) is 0 Å². The van der Waals surface area contributed by atoms with Crippen LogP contribution in [0.2, 0.25) is 5.15 Å². The number of halogens is 2. The van der Waals surface area contributed by atoms with Gasteiger partial charge in [0.2, 0.25) is 0 Å². The summed E-state index contributed by atoms with van der Waals surface area (Å²) in [6.45, 7) is 0.355. The molecule has 1 heterocycles. The van der Waals surface area contributed by atoms with E-state index < -0.39 is 0 Å². The maximum absolute atomic E-state index is 12.2. The topological polar surface area (TPSA) is 72.7 Å². The van der Waals surface area contributed by atoms with E-state index in [0.29, 0.717) is 22.7 Å². The van der Waals surface area contributed by atoms with Crippen LogP contribution in [0.4, 0.5) is 0 Å². The first-order valence-electron chi connectivity index (χ1n) is 8.09. The van der Waals surface area contributed by atoms with E-state index in [4.69, 9.17) is 16.3 Å². The van der Waals surface area contributed by atoms with E-state index in [0.717, 1.165) is 21.4 Å². The largest absolute Gasteiger partial charge is 0.497 e. The minimum atomic E-state index is -0.378. The second-order valence-corrected chi connectivity index (χ2v) is 7.93. The summed E-state index contributed by atoms with van der Waals surface area (Å²) in [6, 6.07) is 14.2. The van der Waals surface area contributed by atoms with Crippen molar-refractivity contribution in [2.24, 2.45) is 5.10 Å². The molecule has 0 aliphatic heterocycles. The Balaban J connectivity index is 1.69. The van der Waals surface area contributed by atoms with Crippen LogP contribution in [0, 0.1) is 0 Å². The van der Waals surface area contributed by atoms with Crippen LogP contribution in [-0.2, 0) is 6.54 Å². The zero-order chi connectivity index (χ0) is 20.1. The molecule has 28 heavy (non-hydrogen) atoms. The molecule has 0 aliphatic rings. The van der Waals surface area contributed by atoms with Gasteiger partial charge in [0, 0.05) is 10.0 Å². The number of carbonyl (C=O) groups excluding carboxylic acids is 1. The van der Waals surface area contributed by atoms with Crippen molar-refractivity contribution in [1.29, 1.82) is 0 Å². The molecule has 0 atom stereocenters. The van der Waals surface area contributed by atoms with E-state index >= 15 is 0 Å². The number of benzene rings is 2. The third kappa shape index (κ3) is 4.89. The van der Waals surface area contributed by atoms with Crippen LogP contribution in [0.15, 0.2) is 62.9 Å². The Morgan fingerprint density at radius 1 is 1.25 bits per heavy atom. The first-order valence-corrected chi connectivity index (χ1v) is 10.1. The molecule has 0 fully saturated rings. The van der Waals surface area contributed by atoms with E-state index in [1.165, 1.54) is 10.8 Å². The summed E-state index contributed by atoms with van der Waals surface area (Å²) in [7, 11) is 1.55. The fourth-order valence-electron chi connectivity index (χ4n) is 2.35. The van der Waals surface area contributed by atoms with Gasteiger partial charge in [0.05, 0.1) is 24.7 Å². The number of methoxy groups -OCH3 is 1. The molecule has 144 valence electrons. The lowest BCUT2D eigenvalue weighted by molar-refractivity contribution is 0.0955. The van der Waals surface area contributed by atoms with Crippen molar-refractivity contribution < 1.29 is 9.53 Å².